The van der Waals surface area contributed by atoms with E-state index in [0.717, 1.165) is 56.3 Å². The number of alkyl halides is 3. The lowest BCUT2D eigenvalue weighted by atomic mass is 9.60. The van der Waals surface area contributed by atoms with Gasteiger partial charge in [0.05, 0.1) is 11.3 Å². The predicted molar refractivity (Wildman–Crippen MR) is 149 cm³/mol. The van der Waals surface area contributed by atoms with Crippen LogP contribution in [0.2, 0.25) is 0 Å². The number of H-pyrrole nitrogens is 1. The second-order valence-electron chi connectivity index (χ2n) is 10.9. The van der Waals surface area contributed by atoms with E-state index in [0.29, 0.717) is 22.7 Å². The van der Waals surface area contributed by atoms with Gasteiger partial charge in [0, 0.05) is 67.5 Å². The highest BCUT2D eigenvalue weighted by Gasteiger charge is 2.47. The molecule has 40 heavy (non-hydrogen) atoms. The second-order valence-corrected chi connectivity index (χ2v) is 11.4. The molecule has 1 aliphatic carbocycles. The van der Waals surface area contributed by atoms with Crippen molar-refractivity contribution in [3.05, 3.63) is 54.4 Å². The number of hydrogen-bond acceptors (Lipinski definition) is 7. The van der Waals surface area contributed by atoms with E-state index in [-0.39, 0.29) is 11.7 Å². The zero-order chi connectivity index (χ0) is 27.7. The monoisotopic (exact) mass is 571 g/mol. The largest absolute Gasteiger partial charge is 0.487 e. The Morgan fingerprint density at radius 3 is 2.48 bits per heavy atom. The van der Waals surface area contributed by atoms with Crippen molar-refractivity contribution in [2.24, 2.45) is 5.41 Å². The lowest BCUT2D eigenvalue weighted by Crippen LogP contribution is -2.59. The van der Waals surface area contributed by atoms with Gasteiger partial charge in [-0.05, 0) is 80.6 Å². The van der Waals surface area contributed by atoms with Crippen molar-refractivity contribution in [1.29, 1.82) is 0 Å². The lowest BCUT2D eigenvalue weighted by molar-refractivity contribution is -0.0964. The number of hydrogen-bond donors (Lipinski definition) is 3. The van der Waals surface area contributed by atoms with Crippen molar-refractivity contribution in [2.75, 3.05) is 49.5 Å². The number of aromatic nitrogens is 3. The number of anilines is 2. The molecule has 1 aromatic carbocycles. The first-order valence-electron chi connectivity index (χ1n) is 13.6. The predicted octanol–water partition coefficient (Wildman–Crippen LogP) is 4.55. The number of ether oxygens (including phenoxy) is 1. The molecule has 1 saturated carbocycles. The van der Waals surface area contributed by atoms with Gasteiger partial charge in [-0.1, -0.05) is 0 Å². The standard InChI is InChI=1S/C28H32ClF2N7O2/c29-28(30,31)40-22-3-1-20(2-4-22)35-26(39)19-15-23(24-5-8-34-36-24)25(33-18-19)38-13-11-37(12-14-38)21-16-27(17-21)6-9-32-10-7-27/h1-5,8,15,18,21,32H,6-7,9-14,16-17H2,(H,34,36)(H,35,39). The third kappa shape index (κ3) is 5.91. The Morgan fingerprint density at radius 2 is 1.82 bits per heavy atom. The fraction of sp³-hybridized carbons (Fsp3) is 0.464. The minimum atomic E-state index is -3.80. The molecule has 3 fully saturated rings. The van der Waals surface area contributed by atoms with E-state index in [2.05, 4.69) is 35.4 Å². The third-order valence-electron chi connectivity index (χ3n) is 8.40. The SMILES string of the molecule is O=C(Nc1ccc(OC(F)(F)Cl)cc1)c1cnc(N2CCN(C3CC4(CCNCC4)C3)CC2)c(-c2ccn[nH]2)c1. The van der Waals surface area contributed by atoms with E-state index in [9.17, 15) is 13.6 Å². The topological polar surface area (TPSA) is 98.4 Å². The molecule has 9 nitrogen and oxygen atoms in total. The Labute approximate surface area is 236 Å². The van der Waals surface area contributed by atoms with Crippen molar-refractivity contribution in [1.82, 2.24) is 25.4 Å². The van der Waals surface area contributed by atoms with E-state index in [1.165, 1.54) is 49.9 Å². The summed E-state index contributed by atoms with van der Waals surface area (Å²) in [4.78, 5) is 22.7. The maximum Gasteiger partial charge on any atom is 0.487 e. The molecule has 0 bridgehead atoms. The molecule has 12 heteroatoms. The Kier molecular flexibility index (Phi) is 7.37. The number of aromatic amines is 1. The first-order valence-corrected chi connectivity index (χ1v) is 14.0. The molecule has 2 aromatic heterocycles. The Balaban J connectivity index is 1.12. The molecule has 212 valence electrons. The molecule has 2 aliphatic heterocycles. The van der Waals surface area contributed by atoms with E-state index < -0.39 is 5.57 Å². The Bertz CT molecular complexity index is 1310. The van der Waals surface area contributed by atoms with Gasteiger partial charge in [0.25, 0.3) is 5.91 Å². The summed E-state index contributed by atoms with van der Waals surface area (Å²) in [5.74, 6) is 0.318. The highest BCUT2D eigenvalue weighted by Crippen LogP contribution is 2.50. The summed E-state index contributed by atoms with van der Waals surface area (Å²) in [6, 6.07) is 9.87. The molecule has 1 spiro atoms. The third-order valence-corrected chi connectivity index (χ3v) is 8.47. The summed E-state index contributed by atoms with van der Waals surface area (Å²) in [6.45, 7) is 5.99. The summed E-state index contributed by atoms with van der Waals surface area (Å²) in [5.41, 5.74) is -0.894. The normalized spacial score (nSPS) is 19.8. The van der Waals surface area contributed by atoms with Crippen molar-refractivity contribution in [3.8, 4) is 17.0 Å². The fourth-order valence-corrected chi connectivity index (χ4v) is 6.33. The zero-order valence-corrected chi connectivity index (χ0v) is 22.8. The van der Waals surface area contributed by atoms with Gasteiger partial charge in [-0.2, -0.15) is 5.10 Å². The Hall–Kier alpha value is -3.28. The summed E-state index contributed by atoms with van der Waals surface area (Å²) in [6.07, 6.45) is 8.46. The molecule has 2 saturated heterocycles. The molecular weight excluding hydrogens is 540 g/mol. The highest BCUT2D eigenvalue weighted by molar-refractivity contribution is 6.20. The fourth-order valence-electron chi connectivity index (χ4n) is 6.24. The molecular formula is C28H32ClF2N7O2. The average Bonchev–Trinajstić information content (AvgIpc) is 3.47. The minimum absolute atomic E-state index is 0.117. The van der Waals surface area contributed by atoms with Gasteiger partial charge < -0.3 is 20.3 Å². The van der Waals surface area contributed by atoms with E-state index >= 15 is 0 Å². The van der Waals surface area contributed by atoms with Crippen LogP contribution in [-0.4, -0.2) is 76.9 Å². The van der Waals surface area contributed by atoms with Crippen LogP contribution in [0.1, 0.15) is 36.0 Å². The van der Waals surface area contributed by atoms with Gasteiger partial charge in [0.2, 0.25) is 0 Å². The van der Waals surface area contributed by atoms with Crippen LogP contribution < -0.4 is 20.3 Å². The number of piperazine rings is 1. The molecule has 1 amide bonds. The van der Waals surface area contributed by atoms with Crippen LogP contribution in [0.3, 0.4) is 0 Å². The van der Waals surface area contributed by atoms with Crippen molar-refractivity contribution >= 4 is 29.0 Å². The number of pyridine rings is 1. The highest BCUT2D eigenvalue weighted by atomic mass is 35.5. The minimum Gasteiger partial charge on any atom is -0.420 e. The summed E-state index contributed by atoms with van der Waals surface area (Å²) in [5, 5.41) is 13.4. The molecule has 0 atom stereocenters. The Morgan fingerprint density at radius 1 is 1.10 bits per heavy atom. The smallest absolute Gasteiger partial charge is 0.420 e. The van der Waals surface area contributed by atoms with Crippen LogP contribution in [-0.2, 0) is 0 Å². The van der Waals surface area contributed by atoms with Crippen LogP contribution in [0.25, 0.3) is 11.3 Å². The number of amides is 1. The quantitative estimate of drug-likeness (QED) is 0.358. The van der Waals surface area contributed by atoms with Crippen LogP contribution in [0.4, 0.5) is 20.3 Å². The molecule has 3 aromatic rings. The number of piperidine rings is 1. The number of carbonyl (C=O) groups excluding carboxylic acids is 1. The summed E-state index contributed by atoms with van der Waals surface area (Å²) >= 11 is 4.81. The maximum atomic E-state index is 13.0. The number of carbonyl (C=O) groups is 1. The number of nitrogens with one attached hydrogen (secondary N) is 3. The van der Waals surface area contributed by atoms with Gasteiger partial charge >= 0.3 is 5.57 Å². The first kappa shape index (κ1) is 26.9. The van der Waals surface area contributed by atoms with Crippen molar-refractivity contribution in [3.63, 3.8) is 0 Å². The molecule has 4 heterocycles. The second kappa shape index (κ2) is 10.9. The van der Waals surface area contributed by atoms with Gasteiger partial charge in [-0.25, -0.2) is 4.98 Å². The molecule has 3 aliphatic rings. The first-order chi connectivity index (χ1) is 19.3. The van der Waals surface area contributed by atoms with Gasteiger partial charge in [0.15, 0.2) is 0 Å². The number of nitrogens with zero attached hydrogens (tertiary/aromatic N) is 4. The summed E-state index contributed by atoms with van der Waals surface area (Å²) in [7, 11) is 0. The zero-order valence-electron chi connectivity index (χ0n) is 22.0. The van der Waals surface area contributed by atoms with Crippen LogP contribution in [0.15, 0.2) is 48.8 Å². The molecule has 0 unspecified atom stereocenters. The van der Waals surface area contributed by atoms with Gasteiger partial charge in [0.1, 0.15) is 11.6 Å². The van der Waals surface area contributed by atoms with Gasteiger partial charge in [-0.15, -0.1) is 8.78 Å². The van der Waals surface area contributed by atoms with Gasteiger partial charge in [-0.3, -0.25) is 14.8 Å². The lowest BCUT2D eigenvalue weighted by Gasteiger charge is -2.55. The van der Waals surface area contributed by atoms with E-state index in [4.69, 9.17) is 16.6 Å². The van der Waals surface area contributed by atoms with Crippen LogP contribution in [0, 0.1) is 5.41 Å². The van der Waals surface area contributed by atoms with Crippen LogP contribution in [0.5, 0.6) is 5.75 Å². The molecule has 0 radical (unpaired) electrons. The number of benzene rings is 1. The van der Waals surface area contributed by atoms with Crippen molar-refractivity contribution in [2.45, 2.75) is 37.3 Å². The molecule has 6 rings (SSSR count). The summed E-state index contributed by atoms with van der Waals surface area (Å²) < 4.78 is 30.0. The number of halogens is 3. The van der Waals surface area contributed by atoms with Crippen molar-refractivity contribution < 1.29 is 18.3 Å². The number of rotatable bonds is 7. The maximum absolute atomic E-state index is 13.0. The molecule has 3 N–H and O–H groups in total. The average molecular weight is 572 g/mol. The van der Waals surface area contributed by atoms with Crippen LogP contribution >= 0.6 is 11.6 Å². The van der Waals surface area contributed by atoms with E-state index in [1.54, 1.807) is 18.5 Å². The van der Waals surface area contributed by atoms with E-state index in [1.807, 2.05) is 6.07 Å².